The molecule has 7 nitrogen and oxygen atoms in total. The fourth-order valence-corrected chi connectivity index (χ4v) is 3.17. The summed E-state index contributed by atoms with van der Waals surface area (Å²) in [4.78, 5) is 25.0. The van der Waals surface area contributed by atoms with Gasteiger partial charge >= 0.3 is 12.1 Å². The molecular weight excluding hydrogens is 346 g/mol. The Balaban J connectivity index is 1.66. The molecule has 1 aromatic heterocycles. The molecule has 2 aromatic rings. The summed E-state index contributed by atoms with van der Waals surface area (Å²) in [5, 5.41) is 13.7. The van der Waals surface area contributed by atoms with Gasteiger partial charge in [0.25, 0.3) is 0 Å². The number of carbonyl (C=O) groups excluding carboxylic acids is 1. The highest BCUT2D eigenvalue weighted by Gasteiger charge is 2.23. The molecule has 0 saturated heterocycles. The summed E-state index contributed by atoms with van der Waals surface area (Å²) >= 11 is 6.01. The molecule has 1 aliphatic rings. The standard InChI is InChI=1S/C17H18ClN3O4/c1-11-5-12(7-13(18)6-11)10-25-17(24)20-3-2-4-21-14(9-20)8-15(19-21)16(22)23/h5-8H,2-4,9-10H2,1H3,(H,22,23). The molecule has 8 heteroatoms. The third kappa shape index (κ3) is 4.11. The molecule has 2 heterocycles. The third-order valence-corrected chi connectivity index (χ3v) is 4.17. The number of ether oxygens (including phenoxy) is 1. The number of fused-ring (bicyclic) bond motifs is 1. The minimum atomic E-state index is -1.08. The van der Waals surface area contributed by atoms with Crippen LogP contribution in [0.15, 0.2) is 24.3 Å². The molecule has 0 spiro atoms. The maximum Gasteiger partial charge on any atom is 0.410 e. The van der Waals surface area contributed by atoms with Gasteiger partial charge in [-0.15, -0.1) is 0 Å². The molecule has 3 rings (SSSR count). The first-order valence-electron chi connectivity index (χ1n) is 7.90. The van der Waals surface area contributed by atoms with E-state index >= 15 is 0 Å². The average molecular weight is 364 g/mol. The quantitative estimate of drug-likeness (QED) is 0.905. The molecule has 1 aromatic carbocycles. The molecule has 1 amide bonds. The van der Waals surface area contributed by atoms with Crippen molar-refractivity contribution in [2.24, 2.45) is 0 Å². The molecule has 0 radical (unpaired) electrons. The normalized spacial score (nSPS) is 13.9. The molecule has 0 saturated carbocycles. The topological polar surface area (TPSA) is 84.7 Å². The Morgan fingerprint density at radius 2 is 2.08 bits per heavy atom. The highest BCUT2D eigenvalue weighted by atomic mass is 35.5. The van der Waals surface area contributed by atoms with Gasteiger partial charge in [-0.3, -0.25) is 4.68 Å². The fraction of sp³-hybridized carbons (Fsp3) is 0.353. The number of halogens is 1. The van der Waals surface area contributed by atoms with Gasteiger partial charge in [-0.05, 0) is 42.7 Å². The Morgan fingerprint density at radius 3 is 2.80 bits per heavy atom. The Bertz CT molecular complexity index is 798. The van der Waals surface area contributed by atoms with E-state index in [0.717, 1.165) is 11.1 Å². The van der Waals surface area contributed by atoms with E-state index in [9.17, 15) is 9.59 Å². The fourth-order valence-electron chi connectivity index (χ4n) is 2.85. The zero-order valence-corrected chi connectivity index (χ0v) is 14.5. The Kier molecular flexibility index (Phi) is 4.94. The SMILES string of the molecule is Cc1cc(Cl)cc(COC(=O)N2CCCn3nc(C(=O)O)cc3C2)c1. The zero-order chi connectivity index (χ0) is 18.0. The maximum atomic E-state index is 12.4. The van der Waals surface area contributed by atoms with E-state index in [4.69, 9.17) is 21.4 Å². The van der Waals surface area contributed by atoms with E-state index in [0.29, 0.717) is 30.2 Å². The van der Waals surface area contributed by atoms with Gasteiger partial charge in [-0.1, -0.05) is 17.7 Å². The molecule has 1 N–H and O–H groups in total. The first-order valence-corrected chi connectivity index (χ1v) is 8.28. The van der Waals surface area contributed by atoms with Gasteiger partial charge in [0.1, 0.15) is 6.61 Å². The van der Waals surface area contributed by atoms with Crippen molar-refractivity contribution in [2.75, 3.05) is 6.54 Å². The molecule has 132 valence electrons. The highest BCUT2D eigenvalue weighted by Crippen LogP contribution is 2.18. The van der Waals surface area contributed by atoms with Crippen molar-refractivity contribution in [3.05, 3.63) is 51.8 Å². The summed E-state index contributed by atoms with van der Waals surface area (Å²) in [5.74, 6) is -1.08. The molecule has 0 bridgehead atoms. The predicted octanol–water partition coefficient (Wildman–Crippen LogP) is 3.09. The summed E-state index contributed by atoms with van der Waals surface area (Å²) in [6, 6.07) is 7.01. The Morgan fingerprint density at radius 1 is 1.28 bits per heavy atom. The molecule has 0 aliphatic carbocycles. The van der Waals surface area contributed by atoms with Crippen molar-refractivity contribution in [2.45, 2.75) is 33.0 Å². The number of rotatable bonds is 3. The van der Waals surface area contributed by atoms with E-state index in [1.54, 1.807) is 15.6 Å². The minimum absolute atomic E-state index is 0.0142. The van der Waals surface area contributed by atoms with Crippen molar-refractivity contribution in [1.29, 1.82) is 0 Å². The number of carboxylic acids is 1. The monoisotopic (exact) mass is 363 g/mol. The molecule has 0 unspecified atom stereocenters. The van der Waals surface area contributed by atoms with Crippen molar-refractivity contribution < 1.29 is 19.4 Å². The second kappa shape index (κ2) is 7.14. The number of aryl methyl sites for hydroxylation is 2. The average Bonchev–Trinajstić information content (AvgIpc) is 2.84. The minimum Gasteiger partial charge on any atom is -0.476 e. The summed E-state index contributed by atoms with van der Waals surface area (Å²) in [5.41, 5.74) is 2.50. The first-order chi connectivity index (χ1) is 11.9. The largest absolute Gasteiger partial charge is 0.476 e. The van der Waals surface area contributed by atoms with Crippen molar-refractivity contribution in [3.8, 4) is 0 Å². The van der Waals surface area contributed by atoms with Gasteiger partial charge in [0.2, 0.25) is 0 Å². The number of benzene rings is 1. The Labute approximate surface area is 149 Å². The molecule has 0 fully saturated rings. The molecule has 1 aliphatic heterocycles. The number of hydrogen-bond acceptors (Lipinski definition) is 4. The van der Waals surface area contributed by atoms with Crippen LogP contribution >= 0.6 is 11.6 Å². The van der Waals surface area contributed by atoms with Gasteiger partial charge < -0.3 is 14.7 Å². The maximum absolute atomic E-state index is 12.4. The number of carbonyl (C=O) groups is 2. The summed E-state index contributed by atoms with van der Waals surface area (Å²) in [6.45, 7) is 3.43. The third-order valence-electron chi connectivity index (χ3n) is 3.96. The van der Waals surface area contributed by atoms with Crippen molar-refractivity contribution in [3.63, 3.8) is 0 Å². The van der Waals surface area contributed by atoms with Crippen LogP contribution in [0.4, 0.5) is 4.79 Å². The smallest absolute Gasteiger partial charge is 0.410 e. The lowest BCUT2D eigenvalue weighted by atomic mass is 10.1. The van der Waals surface area contributed by atoms with E-state index in [1.165, 1.54) is 6.07 Å². The van der Waals surface area contributed by atoms with Crippen LogP contribution in [-0.2, 0) is 24.4 Å². The number of carboxylic acid groups (broad SMARTS) is 1. The number of nitrogens with zero attached hydrogens (tertiary/aromatic N) is 3. The zero-order valence-electron chi connectivity index (χ0n) is 13.7. The van der Waals surface area contributed by atoms with E-state index < -0.39 is 12.1 Å². The highest BCUT2D eigenvalue weighted by molar-refractivity contribution is 6.30. The van der Waals surface area contributed by atoms with Crippen molar-refractivity contribution in [1.82, 2.24) is 14.7 Å². The molecular formula is C17H18ClN3O4. The summed E-state index contributed by atoms with van der Waals surface area (Å²) in [6.07, 6.45) is 0.239. The van der Waals surface area contributed by atoms with E-state index in [2.05, 4.69) is 5.10 Å². The first kappa shape index (κ1) is 17.3. The van der Waals surface area contributed by atoms with Crippen LogP contribution in [0.3, 0.4) is 0 Å². The van der Waals surface area contributed by atoms with Crippen LogP contribution in [0.25, 0.3) is 0 Å². The lowest BCUT2D eigenvalue weighted by Crippen LogP contribution is -2.31. The van der Waals surface area contributed by atoms with Crippen LogP contribution in [0.1, 0.15) is 33.7 Å². The van der Waals surface area contributed by atoms with Crippen LogP contribution < -0.4 is 0 Å². The summed E-state index contributed by atoms with van der Waals surface area (Å²) in [7, 11) is 0. The second-order valence-electron chi connectivity index (χ2n) is 6.02. The number of aromatic nitrogens is 2. The van der Waals surface area contributed by atoms with E-state index in [1.807, 2.05) is 19.1 Å². The van der Waals surface area contributed by atoms with Gasteiger partial charge in [-0.25, -0.2) is 9.59 Å². The van der Waals surface area contributed by atoms with Gasteiger partial charge in [0, 0.05) is 18.1 Å². The second-order valence-corrected chi connectivity index (χ2v) is 6.45. The lowest BCUT2D eigenvalue weighted by Gasteiger charge is -2.19. The van der Waals surface area contributed by atoms with Gasteiger partial charge in [0.15, 0.2) is 5.69 Å². The summed E-state index contributed by atoms with van der Waals surface area (Å²) < 4.78 is 7.02. The van der Waals surface area contributed by atoms with Gasteiger partial charge in [0.05, 0.1) is 12.2 Å². The van der Waals surface area contributed by atoms with Crippen LogP contribution in [0.2, 0.25) is 5.02 Å². The number of amides is 1. The number of aromatic carboxylic acids is 1. The lowest BCUT2D eigenvalue weighted by molar-refractivity contribution is 0.0689. The van der Waals surface area contributed by atoms with Crippen LogP contribution in [0.5, 0.6) is 0 Å². The predicted molar refractivity (Wildman–Crippen MR) is 90.6 cm³/mol. The van der Waals surface area contributed by atoms with Crippen LogP contribution in [0, 0.1) is 6.92 Å². The van der Waals surface area contributed by atoms with E-state index in [-0.39, 0.29) is 18.8 Å². The van der Waals surface area contributed by atoms with Crippen LogP contribution in [-0.4, -0.2) is 38.4 Å². The van der Waals surface area contributed by atoms with Crippen molar-refractivity contribution >= 4 is 23.7 Å². The molecule has 0 atom stereocenters. The molecule has 25 heavy (non-hydrogen) atoms. The number of hydrogen-bond donors (Lipinski definition) is 1. The Hall–Kier alpha value is -2.54. The van der Waals surface area contributed by atoms with Gasteiger partial charge in [-0.2, -0.15) is 5.10 Å².